The highest BCUT2D eigenvalue weighted by Crippen LogP contribution is 2.26. The van der Waals surface area contributed by atoms with E-state index in [1.807, 2.05) is 6.92 Å². The Hall–Kier alpha value is -1.88. The van der Waals surface area contributed by atoms with Crippen LogP contribution in [0.5, 0.6) is 0 Å². The van der Waals surface area contributed by atoms with Crippen LogP contribution in [0.25, 0.3) is 0 Å². The van der Waals surface area contributed by atoms with E-state index in [1.165, 1.54) is 0 Å². The van der Waals surface area contributed by atoms with Crippen LogP contribution >= 0.6 is 0 Å². The van der Waals surface area contributed by atoms with Crippen molar-refractivity contribution < 1.29 is 9.59 Å². The largest absolute Gasteiger partial charge is 0.366 e. The minimum Gasteiger partial charge on any atom is -0.366 e. The lowest BCUT2D eigenvalue weighted by Gasteiger charge is -2.23. The number of nitrogens with one attached hydrogen (secondary N) is 1. The molecule has 0 heterocycles. The predicted octanol–water partition coefficient (Wildman–Crippen LogP) is 2.19. The van der Waals surface area contributed by atoms with Crippen LogP contribution in [0.4, 0.5) is 5.69 Å². The maximum absolute atomic E-state index is 12.0. The molecule has 0 atom stereocenters. The van der Waals surface area contributed by atoms with E-state index in [9.17, 15) is 9.59 Å². The summed E-state index contributed by atoms with van der Waals surface area (Å²) in [5.74, 6) is -0.505. The predicted molar refractivity (Wildman–Crippen MR) is 85.0 cm³/mol. The summed E-state index contributed by atoms with van der Waals surface area (Å²) >= 11 is 0. The van der Waals surface area contributed by atoms with Crippen molar-refractivity contribution in [2.75, 3.05) is 11.9 Å². The van der Waals surface area contributed by atoms with Crippen LogP contribution in [-0.2, 0) is 4.79 Å². The van der Waals surface area contributed by atoms with Crippen molar-refractivity contribution >= 4 is 17.5 Å². The summed E-state index contributed by atoms with van der Waals surface area (Å²) in [6.07, 6.45) is 2.13. The van der Waals surface area contributed by atoms with Gasteiger partial charge in [-0.3, -0.25) is 9.59 Å². The Bertz CT molecular complexity index is 524. The summed E-state index contributed by atoms with van der Waals surface area (Å²) in [5, 5.41) is 2.87. The minimum atomic E-state index is -0.473. The lowest BCUT2D eigenvalue weighted by molar-refractivity contribution is -0.116. The minimum absolute atomic E-state index is 0.0324. The van der Waals surface area contributed by atoms with Gasteiger partial charge in [-0.05, 0) is 55.5 Å². The van der Waals surface area contributed by atoms with Crippen molar-refractivity contribution in [3.8, 4) is 0 Å². The highest BCUT2D eigenvalue weighted by atomic mass is 16.2. The van der Waals surface area contributed by atoms with Crippen LogP contribution in [0, 0.1) is 12.3 Å². The first-order chi connectivity index (χ1) is 9.75. The normalized spacial score (nSPS) is 11.2. The lowest BCUT2D eigenvalue weighted by atomic mass is 9.84. The van der Waals surface area contributed by atoms with Gasteiger partial charge < -0.3 is 16.8 Å². The summed E-state index contributed by atoms with van der Waals surface area (Å²) < 4.78 is 0. The van der Waals surface area contributed by atoms with Crippen LogP contribution < -0.4 is 16.8 Å². The number of nitrogens with two attached hydrogens (primary N) is 2. The van der Waals surface area contributed by atoms with Gasteiger partial charge in [-0.1, -0.05) is 13.8 Å². The molecule has 0 saturated carbocycles. The van der Waals surface area contributed by atoms with E-state index in [0.29, 0.717) is 24.2 Å². The monoisotopic (exact) mass is 291 g/mol. The van der Waals surface area contributed by atoms with E-state index in [4.69, 9.17) is 11.5 Å². The highest BCUT2D eigenvalue weighted by molar-refractivity contribution is 5.95. The second-order valence-corrected chi connectivity index (χ2v) is 6.15. The fourth-order valence-electron chi connectivity index (χ4n) is 2.14. The van der Waals surface area contributed by atoms with E-state index in [1.54, 1.807) is 18.2 Å². The van der Waals surface area contributed by atoms with Gasteiger partial charge in [-0.15, -0.1) is 0 Å². The second kappa shape index (κ2) is 7.22. The SMILES string of the molecule is Cc1cc(C(N)=O)ccc1NC(=O)CCC(C)(C)CCN. The zero-order valence-electron chi connectivity index (χ0n) is 13.0. The first-order valence-corrected chi connectivity index (χ1v) is 7.15. The van der Waals surface area contributed by atoms with Gasteiger partial charge in [0.15, 0.2) is 0 Å². The number of hydrogen-bond donors (Lipinski definition) is 3. The number of carbonyl (C=O) groups excluding carboxylic acids is 2. The Morgan fingerprint density at radius 3 is 2.43 bits per heavy atom. The van der Waals surface area contributed by atoms with Crippen molar-refractivity contribution in [1.29, 1.82) is 0 Å². The van der Waals surface area contributed by atoms with E-state index < -0.39 is 5.91 Å². The fourth-order valence-corrected chi connectivity index (χ4v) is 2.14. The molecule has 0 fully saturated rings. The Kier molecular flexibility index (Phi) is 5.90. The Morgan fingerprint density at radius 2 is 1.90 bits per heavy atom. The van der Waals surface area contributed by atoms with Crippen LogP contribution in [0.3, 0.4) is 0 Å². The number of hydrogen-bond acceptors (Lipinski definition) is 3. The summed E-state index contributed by atoms with van der Waals surface area (Å²) in [4.78, 5) is 23.1. The van der Waals surface area contributed by atoms with Gasteiger partial charge in [0.05, 0.1) is 0 Å². The quantitative estimate of drug-likeness (QED) is 0.718. The lowest BCUT2D eigenvalue weighted by Crippen LogP contribution is -2.21. The number of benzene rings is 1. The molecule has 5 N–H and O–H groups in total. The molecule has 21 heavy (non-hydrogen) atoms. The molecule has 1 aromatic rings. The van der Waals surface area contributed by atoms with Gasteiger partial charge in [0.2, 0.25) is 11.8 Å². The average Bonchev–Trinajstić information content (AvgIpc) is 2.38. The molecule has 0 unspecified atom stereocenters. The molecule has 0 aromatic heterocycles. The zero-order chi connectivity index (χ0) is 16.0. The van der Waals surface area contributed by atoms with Crippen molar-refractivity contribution in [2.24, 2.45) is 16.9 Å². The molecule has 2 amide bonds. The smallest absolute Gasteiger partial charge is 0.248 e. The number of anilines is 1. The standard InChI is InChI=1S/C16H25N3O2/c1-11-10-12(15(18)21)4-5-13(11)19-14(20)6-7-16(2,3)8-9-17/h4-5,10H,6-9,17H2,1-3H3,(H2,18,21)(H,19,20). The number of amides is 2. The summed E-state index contributed by atoms with van der Waals surface area (Å²) in [6.45, 7) is 6.68. The zero-order valence-corrected chi connectivity index (χ0v) is 13.0. The Morgan fingerprint density at radius 1 is 1.24 bits per heavy atom. The van der Waals surface area contributed by atoms with Crippen LogP contribution in [0.2, 0.25) is 0 Å². The molecule has 5 heteroatoms. The summed E-state index contributed by atoms with van der Waals surface area (Å²) in [5.41, 5.74) is 12.8. The topological polar surface area (TPSA) is 98.2 Å². The van der Waals surface area contributed by atoms with E-state index in [0.717, 1.165) is 18.4 Å². The van der Waals surface area contributed by atoms with Crippen molar-refractivity contribution in [3.05, 3.63) is 29.3 Å². The van der Waals surface area contributed by atoms with Gasteiger partial charge in [0.1, 0.15) is 0 Å². The number of aryl methyl sites for hydroxylation is 1. The average molecular weight is 291 g/mol. The summed E-state index contributed by atoms with van der Waals surface area (Å²) in [6, 6.07) is 5.00. The summed E-state index contributed by atoms with van der Waals surface area (Å²) in [7, 11) is 0. The van der Waals surface area contributed by atoms with Gasteiger partial charge in [-0.25, -0.2) is 0 Å². The Balaban J connectivity index is 2.61. The number of primary amides is 1. The van der Waals surface area contributed by atoms with Crippen molar-refractivity contribution in [1.82, 2.24) is 0 Å². The van der Waals surface area contributed by atoms with Gasteiger partial charge >= 0.3 is 0 Å². The fraction of sp³-hybridized carbons (Fsp3) is 0.500. The van der Waals surface area contributed by atoms with E-state index >= 15 is 0 Å². The first kappa shape index (κ1) is 17.2. The molecule has 0 spiro atoms. The van der Waals surface area contributed by atoms with Crippen LogP contribution in [0.1, 0.15) is 49.0 Å². The third-order valence-electron chi connectivity index (χ3n) is 3.63. The molecule has 0 aliphatic heterocycles. The third kappa shape index (κ3) is 5.55. The van der Waals surface area contributed by atoms with Gasteiger partial charge in [0, 0.05) is 17.7 Å². The maximum atomic E-state index is 12.0. The van der Waals surface area contributed by atoms with Crippen molar-refractivity contribution in [2.45, 2.75) is 40.0 Å². The first-order valence-electron chi connectivity index (χ1n) is 7.15. The Labute approximate surface area is 126 Å². The molecule has 0 radical (unpaired) electrons. The van der Waals surface area contributed by atoms with E-state index in [2.05, 4.69) is 19.2 Å². The molecule has 0 aliphatic rings. The molecular formula is C16H25N3O2. The molecule has 0 saturated heterocycles. The molecule has 0 aliphatic carbocycles. The molecule has 5 nitrogen and oxygen atoms in total. The highest BCUT2D eigenvalue weighted by Gasteiger charge is 2.18. The van der Waals surface area contributed by atoms with E-state index in [-0.39, 0.29) is 11.3 Å². The molecular weight excluding hydrogens is 266 g/mol. The van der Waals surface area contributed by atoms with Gasteiger partial charge in [0.25, 0.3) is 0 Å². The molecule has 0 bridgehead atoms. The van der Waals surface area contributed by atoms with Crippen molar-refractivity contribution in [3.63, 3.8) is 0 Å². The third-order valence-corrected chi connectivity index (χ3v) is 3.63. The molecule has 1 rings (SSSR count). The van der Waals surface area contributed by atoms with Crippen LogP contribution in [0.15, 0.2) is 18.2 Å². The number of rotatable bonds is 7. The molecule has 1 aromatic carbocycles. The maximum Gasteiger partial charge on any atom is 0.248 e. The molecule has 116 valence electrons. The number of carbonyl (C=O) groups is 2. The second-order valence-electron chi connectivity index (χ2n) is 6.15. The van der Waals surface area contributed by atoms with Crippen LogP contribution in [-0.4, -0.2) is 18.4 Å². The van der Waals surface area contributed by atoms with Gasteiger partial charge in [-0.2, -0.15) is 0 Å².